The minimum atomic E-state index is -0.735. The summed E-state index contributed by atoms with van der Waals surface area (Å²) in [6, 6.07) is 9.62. The summed E-state index contributed by atoms with van der Waals surface area (Å²) < 4.78 is 0. The van der Waals surface area contributed by atoms with Gasteiger partial charge in [0.1, 0.15) is 6.04 Å². The molecule has 1 aromatic rings. The number of hydrogen-bond donors (Lipinski definition) is 2. The van der Waals surface area contributed by atoms with Gasteiger partial charge < -0.3 is 10.2 Å². The number of rotatable bonds is 17. The lowest BCUT2D eigenvalue weighted by atomic mass is 10.0. The highest BCUT2D eigenvalue weighted by molar-refractivity contribution is 5.73. The molecule has 0 saturated heterocycles. The van der Waals surface area contributed by atoms with Crippen LogP contribution in [0.5, 0.6) is 0 Å². The van der Waals surface area contributed by atoms with Gasteiger partial charge in [0.05, 0.1) is 0 Å². The number of carboxylic acid groups (broad SMARTS) is 2. The number of aliphatic carboxylic acids is 2. The lowest BCUT2D eigenvalue weighted by molar-refractivity contribution is -0.144. The molecule has 1 rings (SSSR count). The molecule has 0 aliphatic carbocycles. The molecule has 0 spiro atoms. The van der Waals surface area contributed by atoms with Gasteiger partial charge >= 0.3 is 11.9 Å². The molecule has 0 aliphatic heterocycles. The Kier molecular flexibility index (Phi) is 13.0. The summed E-state index contributed by atoms with van der Waals surface area (Å²) >= 11 is 0. The molecule has 1 atom stereocenters. The lowest BCUT2D eigenvalue weighted by Gasteiger charge is -2.29. The van der Waals surface area contributed by atoms with Gasteiger partial charge in [0.25, 0.3) is 0 Å². The van der Waals surface area contributed by atoms with Crippen LogP contribution in [0, 0.1) is 0 Å². The normalized spacial score (nSPS) is 12.2. The first-order chi connectivity index (χ1) is 13.5. The third kappa shape index (κ3) is 11.1. The van der Waals surface area contributed by atoms with Crippen LogP contribution in [0.4, 0.5) is 0 Å². The maximum atomic E-state index is 11.9. The Balaban J connectivity index is 2.56. The summed E-state index contributed by atoms with van der Waals surface area (Å²) in [6.07, 6.45) is 9.86. The zero-order valence-corrected chi connectivity index (χ0v) is 17.3. The third-order valence-electron chi connectivity index (χ3n) is 5.12. The van der Waals surface area contributed by atoms with E-state index in [-0.39, 0.29) is 6.42 Å². The van der Waals surface area contributed by atoms with Crippen LogP contribution < -0.4 is 0 Å². The number of carboxylic acids is 2. The monoisotopic (exact) mass is 391 g/mol. The molecule has 0 radical (unpaired) electrons. The molecule has 28 heavy (non-hydrogen) atoms. The van der Waals surface area contributed by atoms with Crippen molar-refractivity contribution < 1.29 is 19.8 Å². The molecule has 0 aliphatic rings. The molecule has 0 aromatic heterocycles. The second-order valence-corrected chi connectivity index (χ2v) is 7.57. The molecule has 158 valence electrons. The summed E-state index contributed by atoms with van der Waals surface area (Å²) in [6.45, 7) is 3.58. The number of carbonyl (C=O) groups is 2. The van der Waals surface area contributed by atoms with E-state index in [2.05, 4.69) is 24.0 Å². The van der Waals surface area contributed by atoms with Crippen molar-refractivity contribution in [1.29, 1.82) is 0 Å². The van der Waals surface area contributed by atoms with E-state index in [1.807, 2.05) is 18.2 Å². The van der Waals surface area contributed by atoms with E-state index in [0.29, 0.717) is 13.0 Å². The van der Waals surface area contributed by atoms with Gasteiger partial charge in [-0.2, -0.15) is 0 Å². The molecule has 5 heteroatoms. The predicted molar refractivity (Wildman–Crippen MR) is 112 cm³/mol. The van der Waals surface area contributed by atoms with Gasteiger partial charge in [0.15, 0.2) is 0 Å². The standard InChI is InChI=1S/C23H37NO4/c1-2-3-4-11-16-21(23(27)28)24(19-20-14-9-8-10-15-20)18-13-7-5-6-12-17-22(25)26/h8-10,14-15,21H,2-7,11-13,16-19H2,1H3,(H,25,26)(H,27,28). The Bertz CT molecular complexity index is 547. The fourth-order valence-electron chi connectivity index (χ4n) is 3.51. The van der Waals surface area contributed by atoms with E-state index >= 15 is 0 Å². The molecule has 2 N–H and O–H groups in total. The minimum absolute atomic E-state index is 0.235. The number of nitrogens with zero attached hydrogens (tertiary/aromatic N) is 1. The van der Waals surface area contributed by atoms with Crippen molar-refractivity contribution in [2.24, 2.45) is 0 Å². The van der Waals surface area contributed by atoms with Crippen molar-refractivity contribution in [3.8, 4) is 0 Å². The summed E-state index contributed by atoms with van der Waals surface area (Å²) in [5.74, 6) is -1.46. The highest BCUT2D eigenvalue weighted by Crippen LogP contribution is 2.17. The first kappa shape index (κ1) is 24.2. The highest BCUT2D eigenvalue weighted by atomic mass is 16.4. The second kappa shape index (κ2) is 15.1. The van der Waals surface area contributed by atoms with Crippen LogP contribution in [0.25, 0.3) is 0 Å². The van der Waals surface area contributed by atoms with Gasteiger partial charge in [-0.05, 0) is 31.4 Å². The Labute approximate surface area is 169 Å². The Morgan fingerprint density at radius 3 is 2.18 bits per heavy atom. The second-order valence-electron chi connectivity index (χ2n) is 7.57. The minimum Gasteiger partial charge on any atom is -0.481 e. The van der Waals surface area contributed by atoms with Gasteiger partial charge in [-0.25, -0.2) is 0 Å². The Hall–Kier alpha value is -1.88. The summed E-state index contributed by atoms with van der Waals surface area (Å²) in [7, 11) is 0. The molecule has 0 saturated carbocycles. The van der Waals surface area contributed by atoms with Gasteiger partial charge in [0, 0.05) is 13.0 Å². The van der Waals surface area contributed by atoms with Crippen molar-refractivity contribution >= 4 is 11.9 Å². The fourth-order valence-corrected chi connectivity index (χ4v) is 3.51. The van der Waals surface area contributed by atoms with Gasteiger partial charge in [0.2, 0.25) is 0 Å². The highest BCUT2D eigenvalue weighted by Gasteiger charge is 2.24. The van der Waals surface area contributed by atoms with Crippen molar-refractivity contribution in [1.82, 2.24) is 4.90 Å². The van der Waals surface area contributed by atoms with E-state index in [4.69, 9.17) is 5.11 Å². The molecular formula is C23H37NO4. The van der Waals surface area contributed by atoms with E-state index in [9.17, 15) is 14.7 Å². The summed E-state index contributed by atoms with van der Waals surface area (Å²) in [5.41, 5.74) is 1.14. The maximum absolute atomic E-state index is 11.9. The van der Waals surface area contributed by atoms with Crippen molar-refractivity contribution in [2.45, 2.75) is 90.1 Å². The topological polar surface area (TPSA) is 77.8 Å². The van der Waals surface area contributed by atoms with Gasteiger partial charge in [-0.1, -0.05) is 82.2 Å². The zero-order valence-electron chi connectivity index (χ0n) is 17.3. The SMILES string of the molecule is CCCCCCC(C(=O)O)N(CCCCCCCC(=O)O)Cc1ccccc1. The van der Waals surface area contributed by atoms with Crippen molar-refractivity contribution in [3.05, 3.63) is 35.9 Å². The molecule has 0 fully saturated rings. The average Bonchev–Trinajstić information content (AvgIpc) is 2.67. The maximum Gasteiger partial charge on any atom is 0.320 e. The fraction of sp³-hybridized carbons (Fsp3) is 0.652. The Morgan fingerprint density at radius 2 is 1.54 bits per heavy atom. The number of hydrogen-bond acceptors (Lipinski definition) is 3. The van der Waals surface area contributed by atoms with E-state index in [1.54, 1.807) is 0 Å². The van der Waals surface area contributed by atoms with Crippen LogP contribution in [0.15, 0.2) is 30.3 Å². The molecule has 5 nitrogen and oxygen atoms in total. The smallest absolute Gasteiger partial charge is 0.320 e. The van der Waals surface area contributed by atoms with Crippen LogP contribution in [0.1, 0.15) is 83.1 Å². The van der Waals surface area contributed by atoms with E-state index < -0.39 is 18.0 Å². The van der Waals surface area contributed by atoms with Crippen LogP contribution in [0.3, 0.4) is 0 Å². The first-order valence-electron chi connectivity index (χ1n) is 10.8. The van der Waals surface area contributed by atoms with Crippen LogP contribution in [-0.4, -0.2) is 39.6 Å². The largest absolute Gasteiger partial charge is 0.481 e. The van der Waals surface area contributed by atoms with E-state index in [1.165, 1.54) is 0 Å². The van der Waals surface area contributed by atoms with E-state index in [0.717, 1.165) is 69.9 Å². The molecule has 0 amide bonds. The van der Waals surface area contributed by atoms with Crippen molar-refractivity contribution in [2.75, 3.05) is 6.54 Å². The van der Waals surface area contributed by atoms with Gasteiger partial charge in [-0.3, -0.25) is 14.5 Å². The first-order valence-corrected chi connectivity index (χ1v) is 10.8. The molecule has 1 aromatic carbocycles. The number of benzene rings is 1. The zero-order chi connectivity index (χ0) is 20.6. The Morgan fingerprint density at radius 1 is 0.893 bits per heavy atom. The van der Waals surface area contributed by atoms with Crippen LogP contribution in [0.2, 0.25) is 0 Å². The quantitative estimate of drug-likeness (QED) is 0.351. The van der Waals surface area contributed by atoms with Crippen LogP contribution in [-0.2, 0) is 16.1 Å². The molecule has 0 heterocycles. The average molecular weight is 392 g/mol. The molecule has 1 unspecified atom stereocenters. The molecular weight excluding hydrogens is 354 g/mol. The summed E-state index contributed by atoms with van der Waals surface area (Å²) in [5, 5.41) is 18.5. The lowest BCUT2D eigenvalue weighted by Crippen LogP contribution is -2.41. The molecule has 0 bridgehead atoms. The van der Waals surface area contributed by atoms with Gasteiger partial charge in [-0.15, -0.1) is 0 Å². The number of unbranched alkanes of at least 4 members (excludes halogenated alkanes) is 7. The third-order valence-corrected chi connectivity index (χ3v) is 5.12. The van der Waals surface area contributed by atoms with Crippen molar-refractivity contribution in [3.63, 3.8) is 0 Å². The van der Waals surface area contributed by atoms with Crippen LogP contribution >= 0.6 is 0 Å². The predicted octanol–water partition coefficient (Wildman–Crippen LogP) is 5.34. The summed E-state index contributed by atoms with van der Waals surface area (Å²) in [4.78, 5) is 24.6.